The number of hydrogen-bond acceptors (Lipinski definition) is 2. The van der Waals surface area contributed by atoms with Gasteiger partial charge in [-0.05, 0) is 33.6 Å². The number of rotatable bonds is 8. The molecule has 1 N–H and O–H groups in total. The molecule has 0 bridgehead atoms. The van der Waals surface area contributed by atoms with Crippen molar-refractivity contribution in [1.82, 2.24) is 15.1 Å². The Bertz CT molecular complexity index is 437. The zero-order valence-corrected chi connectivity index (χ0v) is 13.6. The molecule has 0 unspecified atom stereocenters. The van der Waals surface area contributed by atoms with Crippen molar-refractivity contribution in [3.8, 4) is 0 Å². The second-order valence-electron chi connectivity index (χ2n) is 5.43. The molecule has 0 saturated heterocycles. The molecule has 0 fully saturated rings. The fourth-order valence-electron chi connectivity index (χ4n) is 2.59. The first-order chi connectivity index (χ1) is 9.54. The monoisotopic (exact) mass is 279 g/mol. The van der Waals surface area contributed by atoms with E-state index in [1.165, 1.54) is 0 Å². The number of aryl methyl sites for hydroxylation is 2. The first-order valence-corrected chi connectivity index (χ1v) is 7.85. The quantitative estimate of drug-likeness (QED) is 0.793. The zero-order valence-electron chi connectivity index (χ0n) is 13.6. The van der Waals surface area contributed by atoms with E-state index in [-0.39, 0.29) is 11.8 Å². The molecular weight excluding hydrogens is 250 g/mol. The predicted octanol–water partition coefficient (Wildman–Crippen LogP) is 3.35. The molecule has 114 valence electrons. The van der Waals surface area contributed by atoms with Gasteiger partial charge in [0.2, 0.25) is 5.91 Å². The second-order valence-corrected chi connectivity index (χ2v) is 5.43. The molecule has 1 aromatic heterocycles. The molecule has 4 nitrogen and oxygen atoms in total. The van der Waals surface area contributed by atoms with Crippen molar-refractivity contribution in [3.05, 3.63) is 17.0 Å². The van der Waals surface area contributed by atoms with Crippen LogP contribution in [-0.4, -0.2) is 15.7 Å². The molecule has 20 heavy (non-hydrogen) atoms. The van der Waals surface area contributed by atoms with Crippen LogP contribution in [0.2, 0.25) is 0 Å². The Labute approximate surface area is 122 Å². The Morgan fingerprint density at radius 2 is 2.00 bits per heavy atom. The van der Waals surface area contributed by atoms with Crippen LogP contribution >= 0.6 is 0 Å². The smallest absolute Gasteiger partial charge is 0.223 e. The molecule has 1 atom stereocenters. The molecule has 4 heteroatoms. The van der Waals surface area contributed by atoms with Gasteiger partial charge in [-0.1, -0.05) is 26.7 Å². The van der Waals surface area contributed by atoms with Crippen LogP contribution in [0.5, 0.6) is 0 Å². The van der Waals surface area contributed by atoms with Crippen LogP contribution < -0.4 is 5.32 Å². The van der Waals surface area contributed by atoms with Crippen LogP contribution in [0.25, 0.3) is 0 Å². The van der Waals surface area contributed by atoms with Crippen LogP contribution in [0, 0.1) is 19.8 Å². The normalized spacial score (nSPS) is 12.4. The van der Waals surface area contributed by atoms with E-state index in [1.807, 2.05) is 11.6 Å². The predicted molar refractivity (Wildman–Crippen MR) is 82.5 cm³/mol. The fourth-order valence-corrected chi connectivity index (χ4v) is 2.59. The van der Waals surface area contributed by atoms with Gasteiger partial charge in [0.1, 0.15) is 0 Å². The summed E-state index contributed by atoms with van der Waals surface area (Å²) in [6.07, 6.45) is 4.17. The summed E-state index contributed by atoms with van der Waals surface area (Å²) in [6.45, 7) is 11.9. The maximum Gasteiger partial charge on any atom is 0.223 e. The molecule has 0 aliphatic heterocycles. The molecule has 0 aromatic carbocycles. The first kappa shape index (κ1) is 16.7. The summed E-state index contributed by atoms with van der Waals surface area (Å²) in [7, 11) is 0. The summed E-state index contributed by atoms with van der Waals surface area (Å²) >= 11 is 0. The van der Waals surface area contributed by atoms with Gasteiger partial charge in [0.15, 0.2) is 0 Å². The van der Waals surface area contributed by atoms with E-state index in [2.05, 4.69) is 38.1 Å². The lowest BCUT2D eigenvalue weighted by Crippen LogP contribution is -2.30. The Balaban J connectivity index is 2.62. The molecule has 0 aliphatic carbocycles. The summed E-state index contributed by atoms with van der Waals surface area (Å²) in [6, 6.07) is 0. The summed E-state index contributed by atoms with van der Waals surface area (Å²) in [4.78, 5) is 12.2. The van der Waals surface area contributed by atoms with E-state index in [0.29, 0.717) is 6.54 Å². The lowest BCUT2D eigenvalue weighted by atomic mass is 9.98. The highest BCUT2D eigenvalue weighted by atomic mass is 16.1. The van der Waals surface area contributed by atoms with E-state index in [4.69, 9.17) is 0 Å². The lowest BCUT2D eigenvalue weighted by Gasteiger charge is -2.14. The highest BCUT2D eigenvalue weighted by molar-refractivity contribution is 5.78. The number of amides is 1. The Morgan fingerprint density at radius 3 is 2.50 bits per heavy atom. The summed E-state index contributed by atoms with van der Waals surface area (Å²) in [5.74, 6) is 0.334. The average Bonchev–Trinajstić information content (AvgIpc) is 2.72. The number of aromatic nitrogens is 2. The van der Waals surface area contributed by atoms with Gasteiger partial charge in [-0.15, -0.1) is 0 Å². The van der Waals surface area contributed by atoms with Crippen molar-refractivity contribution in [1.29, 1.82) is 0 Å². The van der Waals surface area contributed by atoms with Gasteiger partial charge < -0.3 is 5.32 Å². The topological polar surface area (TPSA) is 46.9 Å². The number of carbonyl (C=O) groups excluding carboxylic acids is 1. The van der Waals surface area contributed by atoms with Crippen LogP contribution in [0.15, 0.2) is 0 Å². The number of unbranched alkanes of at least 4 members (excludes halogenated alkanes) is 1. The molecule has 0 radical (unpaired) electrons. The second kappa shape index (κ2) is 8.08. The van der Waals surface area contributed by atoms with Gasteiger partial charge >= 0.3 is 0 Å². The SMILES string of the molecule is CCCC[C@@H](CC)C(=O)NCc1c(C)nn(CC)c1C. The lowest BCUT2D eigenvalue weighted by molar-refractivity contribution is -0.125. The number of nitrogens with zero attached hydrogens (tertiary/aromatic N) is 2. The Kier molecular flexibility index (Phi) is 6.76. The number of carbonyl (C=O) groups is 1. The number of hydrogen-bond donors (Lipinski definition) is 1. The van der Waals surface area contributed by atoms with E-state index >= 15 is 0 Å². The van der Waals surface area contributed by atoms with E-state index in [1.54, 1.807) is 0 Å². The maximum absolute atomic E-state index is 12.2. The van der Waals surface area contributed by atoms with E-state index in [9.17, 15) is 4.79 Å². The third kappa shape index (κ3) is 4.09. The third-order valence-electron chi connectivity index (χ3n) is 4.04. The highest BCUT2D eigenvalue weighted by Gasteiger charge is 2.17. The summed E-state index contributed by atoms with van der Waals surface area (Å²) in [5.41, 5.74) is 3.34. The van der Waals surface area contributed by atoms with Gasteiger partial charge in [-0.25, -0.2) is 0 Å². The van der Waals surface area contributed by atoms with E-state index in [0.717, 1.165) is 49.2 Å². The van der Waals surface area contributed by atoms with E-state index < -0.39 is 0 Å². The van der Waals surface area contributed by atoms with Crippen molar-refractivity contribution in [2.45, 2.75) is 73.4 Å². The first-order valence-electron chi connectivity index (χ1n) is 7.85. The van der Waals surface area contributed by atoms with Gasteiger partial charge in [0, 0.05) is 30.3 Å². The van der Waals surface area contributed by atoms with Gasteiger partial charge in [-0.2, -0.15) is 5.10 Å². The molecule has 0 aliphatic rings. The van der Waals surface area contributed by atoms with Crippen LogP contribution in [0.4, 0.5) is 0 Å². The van der Waals surface area contributed by atoms with Crippen molar-refractivity contribution >= 4 is 5.91 Å². The van der Waals surface area contributed by atoms with Crippen molar-refractivity contribution < 1.29 is 4.79 Å². The molecule has 0 saturated carbocycles. The Hall–Kier alpha value is -1.32. The third-order valence-corrected chi connectivity index (χ3v) is 4.04. The highest BCUT2D eigenvalue weighted by Crippen LogP contribution is 2.15. The molecule has 1 rings (SSSR count). The summed E-state index contributed by atoms with van der Waals surface area (Å²) < 4.78 is 1.99. The van der Waals surface area contributed by atoms with Crippen molar-refractivity contribution in [2.24, 2.45) is 5.92 Å². The minimum Gasteiger partial charge on any atom is -0.352 e. The molecule has 0 spiro atoms. The van der Waals surface area contributed by atoms with Crippen LogP contribution in [0.1, 0.15) is 63.4 Å². The summed E-state index contributed by atoms with van der Waals surface area (Å²) in [5, 5.41) is 7.57. The number of nitrogens with one attached hydrogen (secondary N) is 1. The van der Waals surface area contributed by atoms with Gasteiger partial charge in [0.25, 0.3) is 0 Å². The molecule has 1 amide bonds. The Morgan fingerprint density at radius 1 is 1.30 bits per heavy atom. The standard InChI is InChI=1S/C16H29N3O/c1-6-9-10-14(7-2)16(20)17-11-15-12(4)18-19(8-3)13(15)5/h14H,6-11H2,1-5H3,(H,17,20)/t14-/m1/s1. The molecule has 1 aromatic rings. The van der Waals surface area contributed by atoms with Crippen LogP contribution in [-0.2, 0) is 17.9 Å². The average molecular weight is 279 g/mol. The molecular formula is C16H29N3O. The molecule has 1 heterocycles. The largest absolute Gasteiger partial charge is 0.352 e. The van der Waals surface area contributed by atoms with Crippen molar-refractivity contribution in [3.63, 3.8) is 0 Å². The van der Waals surface area contributed by atoms with Gasteiger partial charge in [-0.3, -0.25) is 9.48 Å². The van der Waals surface area contributed by atoms with Gasteiger partial charge in [0.05, 0.1) is 5.69 Å². The maximum atomic E-state index is 12.2. The van der Waals surface area contributed by atoms with Crippen LogP contribution in [0.3, 0.4) is 0 Å². The zero-order chi connectivity index (χ0) is 15.1. The minimum atomic E-state index is 0.150. The minimum absolute atomic E-state index is 0.150. The van der Waals surface area contributed by atoms with Crippen molar-refractivity contribution in [2.75, 3.05) is 0 Å². The fraction of sp³-hybridized carbons (Fsp3) is 0.750.